The van der Waals surface area contributed by atoms with E-state index in [0.29, 0.717) is 10.1 Å². The highest BCUT2D eigenvalue weighted by Crippen LogP contribution is 2.41. The first-order chi connectivity index (χ1) is 7.15. The number of thiazole rings is 1. The van der Waals surface area contributed by atoms with E-state index < -0.39 is 0 Å². The lowest BCUT2D eigenvalue weighted by Gasteiger charge is -2.19. The van der Waals surface area contributed by atoms with Gasteiger partial charge >= 0.3 is 0 Å². The summed E-state index contributed by atoms with van der Waals surface area (Å²) in [5.41, 5.74) is 0. The summed E-state index contributed by atoms with van der Waals surface area (Å²) >= 11 is 3.08. The summed E-state index contributed by atoms with van der Waals surface area (Å²) in [6, 6.07) is 0. The molecule has 1 unspecified atom stereocenters. The molecule has 0 saturated carbocycles. The summed E-state index contributed by atoms with van der Waals surface area (Å²) in [6.07, 6.45) is 3.72. The average Bonchev–Trinajstić information content (AvgIpc) is 2.85. The molecular formula is C10H13NO2S2. The fourth-order valence-electron chi connectivity index (χ4n) is 1.68. The molecule has 2 rings (SSSR count). The number of rotatable bonds is 3. The first kappa shape index (κ1) is 11.0. The molecule has 1 aliphatic heterocycles. The van der Waals surface area contributed by atoms with Gasteiger partial charge in [-0.1, -0.05) is 11.3 Å². The van der Waals surface area contributed by atoms with Crippen LogP contribution < -0.4 is 4.74 Å². The van der Waals surface area contributed by atoms with Crippen molar-refractivity contribution in [1.29, 1.82) is 0 Å². The molecule has 0 radical (unpaired) electrons. The van der Waals surface area contributed by atoms with Gasteiger partial charge in [-0.15, -0.1) is 11.8 Å². The molecule has 82 valence electrons. The van der Waals surface area contributed by atoms with Crippen molar-refractivity contribution < 1.29 is 9.53 Å². The van der Waals surface area contributed by atoms with Gasteiger partial charge in [0.15, 0.2) is 5.78 Å². The Kier molecular flexibility index (Phi) is 3.02. The minimum absolute atomic E-state index is 0.200. The molecule has 0 aromatic carbocycles. The Bertz CT molecular complexity index is 369. The van der Waals surface area contributed by atoms with E-state index in [1.54, 1.807) is 25.1 Å². The Balaban J connectivity index is 2.19. The van der Waals surface area contributed by atoms with Crippen LogP contribution in [0.3, 0.4) is 0 Å². The van der Waals surface area contributed by atoms with Crippen LogP contribution in [0.15, 0.2) is 6.20 Å². The Morgan fingerprint density at radius 2 is 2.47 bits per heavy atom. The van der Waals surface area contributed by atoms with Crippen LogP contribution in [-0.4, -0.2) is 28.4 Å². The average molecular weight is 243 g/mol. The quantitative estimate of drug-likeness (QED) is 0.765. The molecule has 1 aromatic rings. The van der Waals surface area contributed by atoms with Gasteiger partial charge < -0.3 is 4.74 Å². The van der Waals surface area contributed by atoms with Gasteiger partial charge in [0.05, 0.1) is 22.9 Å². The zero-order chi connectivity index (χ0) is 10.9. The highest BCUT2D eigenvalue weighted by atomic mass is 32.2. The molecule has 2 heterocycles. The fraction of sp³-hybridized carbons (Fsp3) is 0.600. The maximum Gasteiger partial charge on any atom is 0.273 e. The number of carbonyl (C=O) groups is 1. The minimum Gasteiger partial charge on any atom is -0.473 e. The van der Waals surface area contributed by atoms with Crippen molar-refractivity contribution in [2.75, 3.05) is 12.9 Å². The standard InChI is InChI=1S/C10H13NO2S2/c1-10(4-3-5-14-10)8(12)7-6-11-9(13-2)15-7/h6H,3-5H2,1-2H3. The zero-order valence-corrected chi connectivity index (χ0v) is 10.4. The highest BCUT2D eigenvalue weighted by Gasteiger charge is 2.38. The molecule has 1 fully saturated rings. The molecule has 5 heteroatoms. The van der Waals surface area contributed by atoms with Gasteiger partial charge in [0, 0.05) is 0 Å². The van der Waals surface area contributed by atoms with Crippen LogP contribution >= 0.6 is 23.1 Å². The summed E-state index contributed by atoms with van der Waals surface area (Å²) in [7, 11) is 1.57. The third kappa shape index (κ3) is 2.03. The van der Waals surface area contributed by atoms with Crippen molar-refractivity contribution >= 4 is 28.9 Å². The number of hydrogen-bond acceptors (Lipinski definition) is 5. The van der Waals surface area contributed by atoms with Gasteiger partial charge in [0.1, 0.15) is 0 Å². The smallest absolute Gasteiger partial charge is 0.273 e. The second kappa shape index (κ2) is 4.14. The Hall–Kier alpha value is -0.550. The van der Waals surface area contributed by atoms with Crippen LogP contribution in [0.25, 0.3) is 0 Å². The normalized spacial score (nSPS) is 25.5. The molecule has 0 aliphatic carbocycles. The van der Waals surface area contributed by atoms with Crippen LogP contribution in [0.4, 0.5) is 0 Å². The molecule has 0 amide bonds. The second-order valence-corrected chi connectivity index (χ2v) is 6.30. The molecule has 1 aromatic heterocycles. The van der Waals surface area contributed by atoms with Gasteiger partial charge in [0.2, 0.25) is 0 Å². The number of hydrogen-bond donors (Lipinski definition) is 0. The van der Waals surface area contributed by atoms with Crippen molar-refractivity contribution in [2.45, 2.75) is 24.5 Å². The first-order valence-electron chi connectivity index (χ1n) is 4.84. The molecule has 0 bridgehead atoms. The summed E-state index contributed by atoms with van der Waals surface area (Å²) in [4.78, 5) is 16.9. The van der Waals surface area contributed by atoms with Crippen LogP contribution in [-0.2, 0) is 0 Å². The predicted molar refractivity (Wildman–Crippen MR) is 63.1 cm³/mol. The number of nitrogens with zero attached hydrogens (tertiary/aromatic N) is 1. The zero-order valence-electron chi connectivity index (χ0n) is 8.78. The first-order valence-corrected chi connectivity index (χ1v) is 6.64. The number of carbonyl (C=O) groups excluding carboxylic acids is 1. The largest absolute Gasteiger partial charge is 0.473 e. The van der Waals surface area contributed by atoms with E-state index in [0.717, 1.165) is 18.6 Å². The minimum atomic E-state index is -0.239. The summed E-state index contributed by atoms with van der Waals surface area (Å²) in [5.74, 6) is 1.28. The van der Waals surface area contributed by atoms with E-state index in [1.165, 1.54) is 11.3 Å². The molecule has 0 spiro atoms. The van der Waals surface area contributed by atoms with Crippen molar-refractivity contribution in [3.8, 4) is 5.19 Å². The van der Waals surface area contributed by atoms with E-state index in [4.69, 9.17) is 4.74 Å². The number of ketones is 1. The third-order valence-corrected chi connectivity index (χ3v) is 5.06. The Morgan fingerprint density at radius 3 is 3.00 bits per heavy atom. The van der Waals surface area contributed by atoms with E-state index in [1.807, 2.05) is 6.92 Å². The lowest BCUT2D eigenvalue weighted by molar-refractivity contribution is 0.0953. The molecular weight excluding hydrogens is 230 g/mol. The SMILES string of the molecule is COc1ncc(C(=O)C2(C)CCCS2)s1. The lowest BCUT2D eigenvalue weighted by Crippen LogP contribution is -2.27. The van der Waals surface area contributed by atoms with Crippen molar-refractivity contribution in [2.24, 2.45) is 0 Å². The van der Waals surface area contributed by atoms with E-state index in [-0.39, 0.29) is 10.5 Å². The monoisotopic (exact) mass is 243 g/mol. The molecule has 1 aliphatic rings. The van der Waals surface area contributed by atoms with Crippen molar-refractivity contribution in [3.63, 3.8) is 0 Å². The third-order valence-electron chi connectivity index (χ3n) is 2.58. The maximum atomic E-state index is 12.2. The molecule has 3 nitrogen and oxygen atoms in total. The van der Waals surface area contributed by atoms with Crippen LogP contribution in [0.2, 0.25) is 0 Å². The lowest BCUT2D eigenvalue weighted by atomic mass is 10.00. The number of aromatic nitrogens is 1. The van der Waals surface area contributed by atoms with Gasteiger partial charge in [-0.3, -0.25) is 4.79 Å². The summed E-state index contributed by atoms with van der Waals surface area (Å²) in [5, 5.41) is 0.560. The fourth-order valence-corrected chi connectivity index (χ4v) is 3.81. The molecule has 15 heavy (non-hydrogen) atoms. The molecule has 0 N–H and O–H groups in total. The number of thioether (sulfide) groups is 1. The topological polar surface area (TPSA) is 39.2 Å². The maximum absolute atomic E-state index is 12.2. The molecule has 1 saturated heterocycles. The number of methoxy groups -OCH3 is 1. The van der Waals surface area contributed by atoms with Crippen LogP contribution in [0.5, 0.6) is 5.19 Å². The highest BCUT2D eigenvalue weighted by molar-refractivity contribution is 8.01. The predicted octanol–water partition coefficient (Wildman–Crippen LogP) is 2.62. The van der Waals surface area contributed by atoms with Crippen LogP contribution in [0, 0.1) is 0 Å². The summed E-state index contributed by atoms with van der Waals surface area (Å²) < 4.78 is 4.75. The van der Waals surface area contributed by atoms with Crippen LogP contribution in [0.1, 0.15) is 29.4 Å². The van der Waals surface area contributed by atoms with Crippen molar-refractivity contribution in [3.05, 3.63) is 11.1 Å². The van der Waals surface area contributed by atoms with Crippen molar-refractivity contribution in [1.82, 2.24) is 4.98 Å². The second-order valence-electron chi connectivity index (χ2n) is 3.71. The molecule has 1 atom stereocenters. The van der Waals surface area contributed by atoms with E-state index in [9.17, 15) is 4.79 Å². The van der Waals surface area contributed by atoms with Gasteiger partial charge in [-0.2, -0.15) is 0 Å². The van der Waals surface area contributed by atoms with E-state index >= 15 is 0 Å². The van der Waals surface area contributed by atoms with Gasteiger partial charge in [-0.05, 0) is 25.5 Å². The Morgan fingerprint density at radius 1 is 1.67 bits per heavy atom. The number of ether oxygens (including phenoxy) is 1. The summed E-state index contributed by atoms with van der Waals surface area (Å²) in [6.45, 7) is 2.03. The Labute approximate surface area is 97.2 Å². The van der Waals surface area contributed by atoms with Gasteiger partial charge in [-0.25, -0.2) is 4.98 Å². The number of Topliss-reactive ketones (excluding diaryl/α,β-unsaturated/α-hetero) is 1. The van der Waals surface area contributed by atoms with Gasteiger partial charge in [0.25, 0.3) is 5.19 Å². The van der Waals surface area contributed by atoms with E-state index in [2.05, 4.69) is 4.98 Å².